The van der Waals surface area contributed by atoms with Crippen molar-refractivity contribution in [3.05, 3.63) is 52.8 Å². The van der Waals surface area contributed by atoms with Crippen molar-refractivity contribution >= 4 is 33.7 Å². The number of hydrogen-bond donors (Lipinski definition) is 3. The maximum absolute atomic E-state index is 13.2. The molecule has 2 aliphatic carbocycles. The molecule has 0 spiro atoms. The summed E-state index contributed by atoms with van der Waals surface area (Å²) in [6, 6.07) is 4.38. The molecule has 12 heteroatoms. The molecular weight excluding hydrogens is 545 g/mol. The lowest BCUT2D eigenvalue weighted by Crippen LogP contribution is -2.46. The maximum Gasteiger partial charge on any atom is 0.417 e. The molecule has 2 fully saturated rings. The summed E-state index contributed by atoms with van der Waals surface area (Å²) in [7, 11) is 2.07. The molecule has 0 aliphatic heterocycles. The van der Waals surface area contributed by atoms with Crippen molar-refractivity contribution in [1.82, 2.24) is 29.4 Å². The molecule has 2 saturated carbocycles. The Bertz CT molecular complexity index is 1530. The van der Waals surface area contributed by atoms with E-state index in [0.29, 0.717) is 42.7 Å². The van der Waals surface area contributed by atoms with Gasteiger partial charge in [0.15, 0.2) is 0 Å². The van der Waals surface area contributed by atoms with Crippen LogP contribution in [0.4, 0.5) is 13.2 Å². The van der Waals surface area contributed by atoms with Crippen molar-refractivity contribution in [3.8, 4) is 0 Å². The van der Waals surface area contributed by atoms with Crippen molar-refractivity contribution in [2.45, 2.75) is 69.5 Å². The molecule has 0 bridgehead atoms. The number of nitrogens with one attached hydrogen (secondary N) is 1. The summed E-state index contributed by atoms with van der Waals surface area (Å²) >= 11 is 5.83. The number of aryl methyl sites for hydroxylation is 2. The Morgan fingerprint density at radius 2 is 1.93 bits per heavy atom. The number of benzene rings is 1. The van der Waals surface area contributed by atoms with Gasteiger partial charge in [-0.25, -0.2) is 15.0 Å². The van der Waals surface area contributed by atoms with Crippen molar-refractivity contribution in [2.75, 3.05) is 13.6 Å². The number of fused-ring (bicyclic) bond motifs is 2. The van der Waals surface area contributed by atoms with E-state index in [9.17, 15) is 23.4 Å². The highest BCUT2D eigenvalue weighted by Crippen LogP contribution is 2.41. The van der Waals surface area contributed by atoms with Gasteiger partial charge in [0.1, 0.15) is 23.9 Å². The van der Waals surface area contributed by atoms with Crippen LogP contribution < -0.4 is 0 Å². The highest BCUT2D eigenvalue weighted by molar-refractivity contribution is 6.32. The third-order valence-electron chi connectivity index (χ3n) is 8.91. The molecule has 2 aliphatic rings. The molecule has 3 heterocycles. The van der Waals surface area contributed by atoms with Crippen LogP contribution in [0.25, 0.3) is 22.1 Å². The predicted octanol–water partition coefficient (Wildman–Crippen LogP) is 4.91. The van der Waals surface area contributed by atoms with Crippen LogP contribution in [-0.4, -0.2) is 71.5 Å². The van der Waals surface area contributed by atoms with E-state index in [0.717, 1.165) is 42.1 Å². The fourth-order valence-corrected chi connectivity index (χ4v) is 6.77. The minimum absolute atomic E-state index is 0.0617. The number of nitrogens with zero attached hydrogens (tertiary/aromatic N) is 5. The first-order valence-corrected chi connectivity index (χ1v) is 14.0. The first kappa shape index (κ1) is 27.4. The van der Waals surface area contributed by atoms with Gasteiger partial charge in [-0.3, -0.25) is 0 Å². The largest absolute Gasteiger partial charge is 0.417 e. The molecular formula is C28H32ClF3N6O2. The van der Waals surface area contributed by atoms with Crippen LogP contribution in [0.15, 0.2) is 30.7 Å². The molecule has 4 aromatic rings. The van der Waals surface area contributed by atoms with E-state index in [-0.39, 0.29) is 22.5 Å². The predicted molar refractivity (Wildman–Crippen MR) is 145 cm³/mol. The van der Waals surface area contributed by atoms with E-state index < -0.39 is 23.9 Å². The summed E-state index contributed by atoms with van der Waals surface area (Å²) in [6.07, 6.45) is 1.45. The van der Waals surface area contributed by atoms with Gasteiger partial charge >= 0.3 is 6.18 Å². The van der Waals surface area contributed by atoms with Gasteiger partial charge in [-0.2, -0.15) is 13.2 Å². The van der Waals surface area contributed by atoms with Crippen LogP contribution in [0.2, 0.25) is 5.02 Å². The summed E-state index contributed by atoms with van der Waals surface area (Å²) in [5.74, 6) is 1.10. The van der Waals surface area contributed by atoms with Crippen molar-refractivity contribution < 1.29 is 23.4 Å². The van der Waals surface area contributed by atoms with Gasteiger partial charge in [-0.05, 0) is 63.8 Å². The van der Waals surface area contributed by atoms with Gasteiger partial charge in [-0.15, -0.1) is 0 Å². The van der Waals surface area contributed by atoms with E-state index >= 15 is 0 Å². The maximum atomic E-state index is 13.2. The Morgan fingerprint density at radius 3 is 2.67 bits per heavy atom. The van der Waals surface area contributed by atoms with Gasteiger partial charge < -0.3 is 24.7 Å². The van der Waals surface area contributed by atoms with Crippen molar-refractivity contribution in [3.63, 3.8) is 0 Å². The minimum atomic E-state index is -4.52. The Morgan fingerprint density at radius 1 is 1.15 bits per heavy atom. The standard InChI is InChI=1S/C28H32ClF3N6O2/c1-14-18-5-6-38(27(18)34-13-33-14)23-9-16(25(39)26(23)40)12-37(2)17-7-15(8-17)3-4-24-35-21-10-19(28(30,31)32)20(29)11-22(21)36-24/h5-6,10-11,13,15-17,23,25-26,39-40H,3-4,7-9,12H2,1-2H3,(H,35,36)/t15-,16-,17+,23-,25-,26+/m1/s1. The lowest BCUT2D eigenvalue weighted by molar-refractivity contribution is -0.137. The zero-order chi connectivity index (χ0) is 28.3. The van der Waals surface area contributed by atoms with E-state index in [4.69, 9.17) is 11.6 Å². The average molecular weight is 577 g/mol. The molecule has 40 heavy (non-hydrogen) atoms. The molecule has 0 saturated heterocycles. The van der Waals surface area contributed by atoms with E-state index in [2.05, 4.69) is 31.9 Å². The number of aromatic amines is 1. The van der Waals surface area contributed by atoms with Crippen LogP contribution in [-0.2, 0) is 12.6 Å². The molecule has 6 rings (SSSR count). The summed E-state index contributed by atoms with van der Waals surface area (Å²) < 4.78 is 41.4. The normalized spacial score (nSPS) is 27.2. The topological polar surface area (TPSA) is 103 Å². The molecule has 4 atom stereocenters. The monoisotopic (exact) mass is 576 g/mol. The summed E-state index contributed by atoms with van der Waals surface area (Å²) in [5.41, 5.74) is 1.55. The lowest BCUT2D eigenvalue weighted by Gasteiger charge is -2.42. The molecule has 1 aromatic carbocycles. The molecule has 3 N–H and O–H groups in total. The van der Waals surface area contributed by atoms with Crippen LogP contribution in [0.1, 0.15) is 48.8 Å². The molecule has 8 nitrogen and oxygen atoms in total. The fraction of sp³-hybridized carbons (Fsp3) is 0.536. The number of aliphatic hydroxyl groups is 2. The van der Waals surface area contributed by atoms with Crippen molar-refractivity contribution in [2.24, 2.45) is 11.8 Å². The van der Waals surface area contributed by atoms with Crippen LogP contribution in [0, 0.1) is 18.8 Å². The Kier molecular flexibility index (Phi) is 7.05. The number of imidazole rings is 1. The third kappa shape index (κ3) is 4.97. The number of rotatable bonds is 7. The average Bonchev–Trinajstić information content (AvgIpc) is 3.54. The van der Waals surface area contributed by atoms with Gasteiger partial charge in [0.25, 0.3) is 0 Å². The second-order valence-corrected chi connectivity index (χ2v) is 11.9. The SMILES string of the molecule is Cc1ncnc2c1ccn2[C@@H]1C[C@H](CN(C)[C@H]2C[C@@H](CCc3nc4cc(C(F)(F)F)c(Cl)cc4[nH]3)C2)[C@@H](O)[C@H]1O. The van der Waals surface area contributed by atoms with Gasteiger partial charge in [-0.1, -0.05) is 11.6 Å². The molecule has 0 radical (unpaired) electrons. The smallest absolute Gasteiger partial charge is 0.390 e. The number of hydrogen-bond acceptors (Lipinski definition) is 6. The van der Waals surface area contributed by atoms with E-state index in [1.54, 1.807) is 0 Å². The van der Waals surface area contributed by atoms with E-state index in [1.807, 2.05) is 23.8 Å². The summed E-state index contributed by atoms with van der Waals surface area (Å²) in [6.45, 7) is 2.61. The zero-order valence-electron chi connectivity index (χ0n) is 22.2. The van der Waals surface area contributed by atoms with Crippen LogP contribution in [0.3, 0.4) is 0 Å². The summed E-state index contributed by atoms with van der Waals surface area (Å²) in [5, 5.41) is 22.4. The van der Waals surface area contributed by atoms with Crippen LogP contribution >= 0.6 is 11.6 Å². The number of halogens is 4. The number of aromatic nitrogens is 5. The zero-order valence-corrected chi connectivity index (χ0v) is 23.0. The van der Waals surface area contributed by atoms with Crippen molar-refractivity contribution in [1.29, 1.82) is 0 Å². The van der Waals surface area contributed by atoms with Gasteiger partial charge in [0.2, 0.25) is 0 Å². The highest BCUT2D eigenvalue weighted by atomic mass is 35.5. The van der Waals surface area contributed by atoms with Gasteiger partial charge in [0.05, 0.1) is 39.5 Å². The second-order valence-electron chi connectivity index (χ2n) is 11.5. The second kappa shape index (κ2) is 10.3. The Labute approximate surface area is 234 Å². The first-order valence-electron chi connectivity index (χ1n) is 13.6. The lowest BCUT2D eigenvalue weighted by atomic mass is 9.76. The Hall–Kier alpha value is -2.73. The third-order valence-corrected chi connectivity index (χ3v) is 9.22. The number of H-pyrrole nitrogens is 1. The number of aliphatic hydroxyl groups excluding tert-OH is 2. The first-order chi connectivity index (χ1) is 19.0. The number of alkyl halides is 3. The summed E-state index contributed by atoms with van der Waals surface area (Å²) in [4.78, 5) is 18.4. The van der Waals surface area contributed by atoms with Crippen LogP contribution in [0.5, 0.6) is 0 Å². The molecule has 0 amide bonds. The highest BCUT2D eigenvalue weighted by Gasteiger charge is 2.44. The molecule has 3 aromatic heterocycles. The molecule has 0 unspecified atom stereocenters. The minimum Gasteiger partial charge on any atom is -0.390 e. The molecule has 214 valence electrons. The Balaban J connectivity index is 1.02. The fourth-order valence-electron chi connectivity index (χ4n) is 6.50. The quantitative estimate of drug-likeness (QED) is 0.289. The van der Waals surface area contributed by atoms with E-state index in [1.165, 1.54) is 12.4 Å². The van der Waals surface area contributed by atoms with Gasteiger partial charge in [0, 0.05) is 36.5 Å².